The number of rotatable bonds is 13. The van der Waals surface area contributed by atoms with Crippen LogP contribution in [0.3, 0.4) is 0 Å². The van der Waals surface area contributed by atoms with Gasteiger partial charge in [-0.1, -0.05) is 51.5 Å². The van der Waals surface area contributed by atoms with Gasteiger partial charge in [0.25, 0.3) is 5.91 Å². The third kappa shape index (κ3) is 7.16. The molecule has 0 unspecified atom stereocenters. The molecule has 9 heteroatoms. The van der Waals surface area contributed by atoms with E-state index in [0.29, 0.717) is 37.9 Å². The lowest BCUT2D eigenvalue weighted by molar-refractivity contribution is -0.124. The summed E-state index contributed by atoms with van der Waals surface area (Å²) in [6.45, 7) is 4.67. The van der Waals surface area contributed by atoms with Gasteiger partial charge in [0, 0.05) is 19.5 Å². The molecule has 0 aromatic heterocycles. The molecule has 1 aromatic rings. The monoisotopic (exact) mass is 519 g/mol. The molecule has 1 fully saturated rings. The molecule has 200 valence electrons. The summed E-state index contributed by atoms with van der Waals surface area (Å²) >= 11 is 0. The Morgan fingerprint density at radius 2 is 1.75 bits per heavy atom. The molecule has 1 aromatic carbocycles. The van der Waals surface area contributed by atoms with E-state index >= 15 is 0 Å². The van der Waals surface area contributed by atoms with Gasteiger partial charge in [-0.05, 0) is 55.9 Å². The minimum Gasteiger partial charge on any atom is -0.465 e. The van der Waals surface area contributed by atoms with Crippen molar-refractivity contribution < 1.29 is 22.7 Å². The second kappa shape index (κ2) is 12.8. The van der Waals surface area contributed by atoms with E-state index in [9.17, 15) is 18.0 Å². The van der Waals surface area contributed by atoms with Gasteiger partial charge in [-0.3, -0.25) is 9.79 Å². The highest BCUT2D eigenvalue weighted by Crippen LogP contribution is 2.32. The SMILES string of the molecule is CCCCCCCCCC1=NC2(CCN(S(=O)(=O)CCc3ccc(C(=O)OC)cc3C)CC2)C(=O)N1. The molecule has 1 N–H and O–H groups in total. The summed E-state index contributed by atoms with van der Waals surface area (Å²) in [5.41, 5.74) is 1.37. The normalized spacial score (nSPS) is 17.8. The van der Waals surface area contributed by atoms with Crippen molar-refractivity contribution in [2.45, 2.75) is 90.0 Å². The van der Waals surface area contributed by atoms with Crippen LogP contribution in [-0.2, 0) is 26.0 Å². The molecular weight excluding hydrogens is 478 g/mol. The van der Waals surface area contributed by atoms with E-state index in [-0.39, 0.29) is 11.7 Å². The number of unbranched alkanes of at least 4 members (excludes halogenated alkanes) is 6. The molecule has 0 bridgehead atoms. The number of ether oxygens (including phenoxy) is 1. The first-order chi connectivity index (χ1) is 17.2. The van der Waals surface area contributed by atoms with Crippen molar-refractivity contribution >= 4 is 27.7 Å². The van der Waals surface area contributed by atoms with E-state index in [1.165, 1.54) is 43.5 Å². The number of piperidine rings is 1. The van der Waals surface area contributed by atoms with Crippen molar-refractivity contribution in [3.8, 4) is 0 Å². The molecule has 1 spiro atoms. The van der Waals surface area contributed by atoms with E-state index in [1.54, 1.807) is 18.2 Å². The highest BCUT2D eigenvalue weighted by Gasteiger charge is 2.47. The molecule has 2 heterocycles. The van der Waals surface area contributed by atoms with Gasteiger partial charge in [0.1, 0.15) is 11.4 Å². The number of amidine groups is 1. The Labute approximate surface area is 215 Å². The minimum absolute atomic E-state index is 0.0165. The summed E-state index contributed by atoms with van der Waals surface area (Å²) in [4.78, 5) is 29.2. The Morgan fingerprint density at radius 1 is 1.08 bits per heavy atom. The van der Waals surface area contributed by atoms with Gasteiger partial charge < -0.3 is 10.1 Å². The summed E-state index contributed by atoms with van der Waals surface area (Å²) < 4.78 is 32.3. The molecule has 3 rings (SSSR count). The second-order valence-corrected chi connectivity index (χ2v) is 12.1. The number of methoxy groups -OCH3 is 1. The van der Waals surface area contributed by atoms with Gasteiger partial charge in [0.15, 0.2) is 0 Å². The predicted octanol–water partition coefficient (Wildman–Crippen LogP) is 4.16. The molecule has 0 radical (unpaired) electrons. The lowest BCUT2D eigenvalue weighted by Crippen LogP contribution is -2.50. The molecule has 0 atom stereocenters. The summed E-state index contributed by atoms with van der Waals surface area (Å²) in [6.07, 6.45) is 10.4. The lowest BCUT2D eigenvalue weighted by atomic mass is 9.89. The Balaban J connectivity index is 1.49. The maximum absolute atomic E-state index is 13.0. The minimum atomic E-state index is -3.47. The van der Waals surface area contributed by atoms with E-state index in [2.05, 4.69) is 12.2 Å². The number of amides is 1. The Morgan fingerprint density at radius 3 is 2.39 bits per heavy atom. The van der Waals surface area contributed by atoms with Crippen LogP contribution in [0.4, 0.5) is 0 Å². The fourth-order valence-corrected chi connectivity index (χ4v) is 6.49. The molecule has 0 aliphatic carbocycles. The van der Waals surface area contributed by atoms with Crippen LogP contribution in [-0.4, -0.2) is 61.9 Å². The molecule has 1 amide bonds. The Kier molecular flexibility index (Phi) is 10.1. The number of aliphatic imine (C=N–C) groups is 1. The molecule has 2 aliphatic heterocycles. The van der Waals surface area contributed by atoms with Crippen LogP contribution in [0.2, 0.25) is 0 Å². The van der Waals surface area contributed by atoms with Crippen LogP contribution < -0.4 is 5.32 Å². The zero-order valence-corrected chi connectivity index (χ0v) is 22.8. The summed E-state index contributed by atoms with van der Waals surface area (Å²) in [5.74, 6) is 0.246. The summed E-state index contributed by atoms with van der Waals surface area (Å²) in [7, 11) is -2.14. The molecular formula is C27H41N3O5S. The van der Waals surface area contributed by atoms with E-state index in [0.717, 1.165) is 36.2 Å². The van der Waals surface area contributed by atoms with Crippen molar-refractivity contribution in [1.82, 2.24) is 9.62 Å². The topological polar surface area (TPSA) is 105 Å². The highest BCUT2D eigenvalue weighted by molar-refractivity contribution is 7.89. The maximum Gasteiger partial charge on any atom is 0.337 e. The number of carbonyl (C=O) groups excluding carboxylic acids is 2. The maximum atomic E-state index is 13.0. The number of benzene rings is 1. The largest absolute Gasteiger partial charge is 0.465 e. The van der Waals surface area contributed by atoms with Crippen molar-refractivity contribution in [1.29, 1.82) is 0 Å². The van der Waals surface area contributed by atoms with Crippen LogP contribution in [0.5, 0.6) is 0 Å². The highest BCUT2D eigenvalue weighted by atomic mass is 32.2. The number of esters is 1. The van der Waals surface area contributed by atoms with Crippen molar-refractivity contribution in [3.63, 3.8) is 0 Å². The number of sulfonamides is 1. The van der Waals surface area contributed by atoms with Crippen LogP contribution in [0, 0.1) is 6.92 Å². The third-order valence-corrected chi connectivity index (χ3v) is 9.25. The van der Waals surface area contributed by atoms with E-state index in [4.69, 9.17) is 9.73 Å². The molecule has 1 saturated heterocycles. The van der Waals surface area contributed by atoms with Crippen molar-refractivity contribution in [3.05, 3.63) is 34.9 Å². The molecule has 8 nitrogen and oxygen atoms in total. The molecule has 2 aliphatic rings. The van der Waals surface area contributed by atoms with Gasteiger partial charge in [0.2, 0.25) is 10.0 Å². The predicted molar refractivity (Wildman–Crippen MR) is 142 cm³/mol. The quantitative estimate of drug-likeness (QED) is 0.311. The standard InChI is InChI=1S/C27H41N3O5S/c1-4-5-6-7-8-9-10-11-24-28-26(32)27(29-24)15-17-30(18-16-27)36(33,34)19-14-22-12-13-23(20-21(22)2)25(31)35-3/h12-13,20H,4-11,14-19H2,1-3H3,(H,28,29,32). The average Bonchev–Trinajstić information content (AvgIpc) is 3.16. The van der Waals surface area contributed by atoms with Crippen LogP contribution >= 0.6 is 0 Å². The van der Waals surface area contributed by atoms with E-state index in [1.807, 2.05) is 6.92 Å². The van der Waals surface area contributed by atoms with Crippen LogP contribution in [0.15, 0.2) is 23.2 Å². The smallest absolute Gasteiger partial charge is 0.337 e. The van der Waals surface area contributed by atoms with Gasteiger partial charge in [-0.25, -0.2) is 17.5 Å². The third-order valence-electron chi connectivity index (χ3n) is 7.38. The van der Waals surface area contributed by atoms with Crippen molar-refractivity contribution in [2.75, 3.05) is 26.0 Å². The fourth-order valence-electron chi connectivity index (χ4n) is 5.01. The first-order valence-corrected chi connectivity index (χ1v) is 14.9. The Hall–Kier alpha value is -2.26. The van der Waals surface area contributed by atoms with E-state index < -0.39 is 21.5 Å². The molecule has 36 heavy (non-hydrogen) atoms. The van der Waals surface area contributed by atoms with Crippen molar-refractivity contribution in [2.24, 2.45) is 4.99 Å². The second-order valence-electron chi connectivity index (χ2n) is 10.0. The number of hydrogen-bond acceptors (Lipinski definition) is 6. The summed E-state index contributed by atoms with van der Waals surface area (Å²) in [5, 5.41) is 2.96. The van der Waals surface area contributed by atoms with Gasteiger partial charge in [0.05, 0.1) is 18.4 Å². The first-order valence-electron chi connectivity index (χ1n) is 13.3. The molecule has 0 saturated carbocycles. The van der Waals surface area contributed by atoms with Gasteiger partial charge in [-0.15, -0.1) is 0 Å². The van der Waals surface area contributed by atoms with Gasteiger partial charge in [-0.2, -0.15) is 0 Å². The average molecular weight is 520 g/mol. The first kappa shape index (κ1) is 28.3. The van der Waals surface area contributed by atoms with Crippen LogP contribution in [0.25, 0.3) is 0 Å². The van der Waals surface area contributed by atoms with Crippen LogP contribution in [0.1, 0.15) is 92.6 Å². The van der Waals surface area contributed by atoms with Gasteiger partial charge >= 0.3 is 5.97 Å². The zero-order chi connectivity index (χ0) is 26.2. The number of nitrogens with zero attached hydrogens (tertiary/aromatic N) is 2. The number of carbonyl (C=O) groups is 2. The summed E-state index contributed by atoms with van der Waals surface area (Å²) in [6, 6.07) is 5.16. The number of hydrogen-bond donors (Lipinski definition) is 1. The lowest BCUT2D eigenvalue weighted by Gasteiger charge is -2.34. The zero-order valence-electron chi connectivity index (χ0n) is 22.0. The Bertz CT molecular complexity index is 1060. The number of aryl methyl sites for hydroxylation is 2. The fraction of sp³-hybridized carbons (Fsp3) is 0.667. The number of nitrogens with one attached hydrogen (secondary N) is 1.